The Labute approximate surface area is 86.3 Å². The van der Waals surface area contributed by atoms with Gasteiger partial charge in [0.1, 0.15) is 6.33 Å². The fourth-order valence-electron chi connectivity index (χ4n) is 1.77. The van der Waals surface area contributed by atoms with Gasteiger partial charge in [-0.2, -0.15) is 0 Å². The third-order valence-electron chi connectivity index (χ3n) is 2.58. The first-order valence-electron chi connectivity index (χ1n) is 4.80. The highest BCUT2D eigenvalue weighted by Gasteiger charge is 2.01. The number of benzene rings is 1. The molecule has 1 aromatic carbocycles. The van der Waals surface area contributed by atoms with Crippen molar-refractivity contribution in [3.63, 3.8) is 0 Å². The van der Waals surface area contributed by atoms with Crippen molar-refractivity contribution < 1.29 is 0 Å². The molecule has 0 spiro atoms. The smallest absolute Gasteiger partial charge is 0.161 e. The number of fused-ring (bicyclic) bond motifs is 3. The first-order valence-corrected chi connectivity index (χ1v) is 4.80. The lowest BCUT2D eigenvalue weighted by atomic mass is 10.1. The molecule has 0 unspecified atom stereocenters. The zero-order valence-corrected chi connectivity index (χ0v) is 8.09. The van der Waals surface area contributed by atoms with Crippen molar-refractivity contribution in [2.24, 2.45) is 5.73 Å². The number of pyridine rings is 1. The Kier molecular flexibility index (Phi) is 1.69. The Balaban J connectivity index is 2.48. The average molecular weight is 198 g/mol. The largest absolute Gasteiger partial charge is 0.326 e. The summed E-state index contributed by atoms with van der Waals surface area (Å²) in [6.07, 6.45) is 1.72. The molecule has 0 saturated heterocycles. The van der Waals surface area contributed by atoms with Crippen LogP contribution in [-0.2, 0) is 6.54 Å². The van der Waals surface area contributed by atoms with Crippen LogP contribution in [0.2, 0.25) is 0 Å². The van der Waals surface area contributed by atoms with E-state index in [9.17, 15) is 0 Å². The zero-order chi connectivity index (χ0) is 10.3. The molecular formula is C11H10N4. The van der Waals surface area contributed by atoms with Crippen LogP contribution >= 0.6 is 0 Å². The van der Waals surface area contributed by atoms with E-state index in [0.717, 1.165) is 16.7 Å². The molecule has 0 aliphatic heterocycles. The molecule has 74 valence electrons. The minimum Gasteiger partial charge on any atom is -0.326 e. The van der Waals surface area contributed by atoms with Gasteiger partial charge in [0.05, 0.1) is 5.52 Å². The van der Waals surface area contributed by atoms with Crippen LogP contribution < -0.4 is 5.73 Å². The fraction of sp³-hybridized carbons (Fsp3) is 0.0909. The predicted molar refractivity (Wildman–Crippen MR) is 58.4 cm³/mol. The third-order valence-corrected chi connectivity index (χ3v) is 2.58. The lowest BCUT2D eigenvalue weighted by molar-refractivity contribution is 1.07. The molecule has 4 nitrogen and oxygen atoms in total. The van der Waals surface area contributed by atoms with Crippen molar-refractivity contribution in [2.75, 3.05) is 0 Å². The first-order chi connectivity index (χ1) is 7.38. The van der Waals surface area contributed by atoms with Gasteiger partial charge in [-0.15, -0.1) is 10.2 Å². The quantitative estimate of drug-likeness (QED) is 0.642. The molecule has 4 heteroatoms. The van der Waals surface area contributed by atoms with Crippen LogP contribution in [0.3, 0.4) is 0 Å². The summed E-state index contributed by atoms with van der Waals surface area (Å²) in [7, 11) is 0. The van der Waals surface area contributed by atoms with E-state index in [1.807, 2.05) is 22.6 Å². The van der Waals surface area contributed by atoms with Crippen molar-refractivity contribution >= 4 is 16.6 Å². The third kappa shape index (κ3) is 1.19. The molecule has 0 radical (unpaired) electrons. The maximum atomic E-state index is 5.62. The summed E-state index contributed by atoms with van der Waals surface area (Å²) in [4.78, 5) is 0. The molecule has 3 aromatic rings. The summed E-state index contributed by atoms with van der Waals surface area (Å²) < 4.78 is 1.97. The van der Waals surface area contributed by atoms with Crippen molar-refractivity contribution in [1.82, 2.24) is 14.6 Å². The van der Waals surface area contributed by atoms with Crippen molar-refractivity contribution in [3.8, 4) is 0 Å². The first kappa shape index (κ1) is 8.38. The van der Waals surface area contributed by atoms with Gasteiger partial charge in [-0.3, -0.25) is 4.40 Å². The van der Waals surface area contributed by atoms with Gasteiger partial charge in [0.25, 0.3) is 0 Å². The lowest BCUT2D eigenvalue weighted by Gasteiger charge is -2.03. The van der Waals surface area contributed by atoms with Crippen LogP contribution in [0.25, 0.3) is 16.6 Å². The van der Waals surface area contributed by atoms with E-state index in [1.165, 1.54) is 5.39 Å². The molecule has 0 aliphatic rings. The summed E-state index contributed by atoms with van der Waals surface area (Å²) >= 11 is 0. The summed E-state index contributed by atoms with van der Waals surface area (Å²) in [5.74, 6) is 0. The standard InChI is InChI=1S/C11H10N4/c12-6-8-1-2-9-3-4-11-14-13-7-15(11)10(9)5-8/h1-5,7H,6,12H2. The van der Waals surface area contributed by atoms with Crippen LogP contribution in [0.1, 0.15) is 5.56 Å². The van der Waals surface area contributed by atoms with Crippen LogP contribution in [0.5, 0.6) is 0 Å². The average Bonchev–Trinajstić information content (AvgIpc) is 2.76. The van der Waals surface area contributed by atoms with Crippen molar-refractivity contribution in [3.05, 3.63) is 42.2 Å². The van der Waals surface area contributed by atoms with Crippen LogP contribution in [-0.4, -0.2) is 14.6 Å². The SMILES string of the molecule is NCc1ccc2ccc3nncn3c2c1. The number of nitrogens with zero attached hydrogens (tertiary/aromatic N) is 3. The van der Waals surface area contributed by atoms with Crippen LogP contribution in [0, 0.1) is 0 Å². The fourth-order valence-corrected chi connectivity index (χ4v) is 1.77. The second-order valence-electron chi connectivity index (χ2n) is 3.49. The van der Waals surface area contributed by atoms with E-state index in [-0.39, 0.29) is 0 Å². The Morgan fingerprint density at radius 1 is 1.20 bits per heavy atom. The Bertz CT molecular complexity index is 627. The predicted octanol–water partition coefficient (Wildman–Crippen LogP) is 1.34. The Morgan fingerprint density at radius 2 is 2.07 bits per heavy atom. The summed E-state index contributed by atoms with van der Waals surface area (Å²) in [6, 6.07) is 10.2. The molecule has 0 saturated carbocycles. The van der Waals surface area contributed by atoms with E-state index in [2.05, 4.69) is 22.3 Å². The number of nitrogens with two attached hydrogens (primary N) is 1. The van der Waals surface area contributed by atoms with E-state index in [1.54, 1.807) is 6.33 Å². The second-order valence-corrected chi connectivity index (χ2v) is 3.49. The summed E-state index contributed by atoms with van der Waals surface area (Å²) in [6.45, 7) is 0.550. The van der Waals surface area contributed by atoms with Crippen molar-refractivity contribution in [1.29, 1.82) is 0 Å². The van der Waals surface area contributed by atoms with E-state index in [0.29, 0.717) is 6.54 Å². The zero-order valence-electron chi connectivity index (χ0n) is 8.09. The van der Waals surface area contributed by atoms with Crippen LogP contribution in [0.15, 0.2) is 36.7 Å². The van der Waals surface area contributed by atoms with Gasteiger partial charge in [-0.25, -0.2) is 0 Å². The maximum Gasteiger partial charge on any atom is 0.161 e. The Morgan fingerprint density at radius 3 is 2.93 bits per heavy atom. The minimum absolute atomic E-state index is 0.550. The van der Waals surface area contributed by atoms with E-state index >= 15 is 0 Å². The highest BCUT2D eigenvalue weighted by molar-refractivity contribution is 5.82. The molecule has 0 aliphatic carbocycles. The highest BCUT2D eigenvalue weighted by atomic mass is 15.2. The normalized spacial score (nSPS) is 11.3. The minimum atomic E-state index is 0.550. The molecule has 0 atom stereocenters. The molecule has 0 amide bonds. The second kappa shape index (κ2) is 3.03. The van der Waals surface area contributed by atoms with Gasteiger partial charge in [0.15, 0.2) is 5.65 Å². The maximum absolute atomic E-state index is 5.62. The van der Waals surface area contributed by atoms with Crippen LogP contribution in [0.4, 0.5) is 0 Å². The molecule has 0 fully saturated rings. The Hall–Kier alpha value is -1.94. The number of hydrogen-bond acceptors (Lipinski definition) is 3. The monoisotopic (exact) mass is 198 g/mol. The molecule has 2 aromatic heterocycles. The van der Waals surface area contributed by atoms with E-state index in [4.69, 9.17) is 5.73 Å². The van der Waals surface area contributed by atoms with Crippen molar-refractivity contribution in [2.45, 2.75) is 6.54 Å². The number of hydrogen-bond donors (Lipinski definition) is 1. The van der Waals surface area contributed by atoms with Gasteiger partial charge in [-0.05, 0) is 29.1 Å². The van der Waals surface area contributed by atoms with Gasteiger partial charge >= 0.3 is 0 Å². The highest BCUT2D eigenvalue weighted by Crippen LogP contribution is 2.17. The van der Waals surface area contributed by atoms with E-state index < -0.39 is 0 Å². The number of rotatable bonds is 1. The van der Waals surface area contributed by atoms with Gasteiger partial charge in [-0.1, -0.05) is 12.1 Å². The molecule has 15 heavy (non-hydrogen) atoms. The summed E-state index contributed by atoms with van der Waals surface area (Å²) in [5, 5.41) is 9.06. The molecule has 3 rings (SSSR count). The molecule has 2 N–H and O–H groups in total. The molecule has 0 bridgehead atoms. The van der Waals surface area contributed by atoms with Gasteiger partial charge < -0.3 is 5.73 Å². The lowest BCUT2D eigenvalue weighted by Crippen LogP contribution is -1.96. The van der Waals surface area contributed by atoms with Gasteiger partial charge in [0.2, 0.25) is 0 Å². The topological polar surface area (TPSA) is 56.2 Å². The number of aromatic nitrogens is 3. The summed E-state index contributed by atoms with van der Waals surface area (Å²) in [5.41, 5.74) is 8.69. The molecular weight excluding hydrogens is 188 g/mol. The molecule has 2 heterocycles. The van der Waals surface area contributed by atoms with Gasteiger partial charge in [0, 0.05) is 6.54 Å².